The Hall–Kier alpha value is -2.91. The minimum Gasteiger partial charge on any atom is -0.358 e. The molecule has 0 spiro atoms. The highest BCUT2D eigenvalue weighted by Crippen LogP contribution is 2.36. The summed E-state index contributed by atoms with van der Waals surface area (Å²) in [5, 5.41) is 10.9. The summed E-state index contributed by atoms with van der Waals surface area (Å²) in [6, 6.07) is 11.5. The minimum atomic E-state index is -3.71. The lowest BCUT2D eigenvalue weighted by Crippen LogP contribution is -2.50. The molecule has 4 rings (SSSR count). The van der Waals surface area contributed by atoms with E-state index in [9.17, 15) is 18.0 Å². The first-order chi connectivity index (χ1) is 14.3. The van der Waals surface area contributed by atoms with Crippen LogP contribution in [0.1, 0.15) is 35.2 Å². The van der Waals surface area contributed by atoms with E-state index >= 15 is 0 Å². The quantitative estimate of drug-likeness (QED) is 0.668. The van der Waals surface area contributed by atoms with E-state index < -0.39 is 10.0 Å². The SMILES string of the molecule is NS(=O)(=O)c1ccc(CCNC(=O)c2ccc3c(c2)NC(=O)[C@H]2CCCCN32)cc1. The number of carbonyl (C=O) groups excluding carboxylic acids is 2. The van der Waals surface area contributed by atoms with Crippen LogP contribution >= 0.6 is 0 Å². The molecular weight excluding hydrogens is 404 g/mol. The monoisotopic (exact) mass is 428 g/mol. The van der Waals surface area contributed by atoms with E-state index in [1.54, 1.807) is 24.3 Å². The van der Waals surface area contributed by atoms with Crippen LogP contribution in [0.3, 0.4) is 0 Å². The normalized spacial score (nSPS) is 18.2. The maximum Gasteiger partial charge on any atom is 0.251 e. The van der Waals surface area contributed by atoms with Crippen LogP contribution in [0.2, 0.25) is 0 Å². The summed E-state index contributed by atoms with van der Waals surface area (Å²) in [6.07, 6.45) is 3.51. The number of nitrogens with zero attached hydrogens (tertiary/aromatic N) is 1. The van der Waals surface area contributed by atoms with E-state index in [1.807, 2.05) is 6.07 Å². The van der Waals surface area contributed by atoms with Gasteiger partial charge in [0.2, 0.25) is 15.9 Å². The molecule has 2 heterocycles. The molecule has 9 heteroatoms. The molecule has 2 aliphatic heterocycles. The lowest BCUT2D eigenvalue weighted by Gasteiger charge is -2.41. The average molecular weight is 429 g/mol. The molecule has 0 aromatic heterocycles. The highest BCUT2D eigenvalue weighted by Gasteiger charge is 2.34. The summed E-state index contributed by atoms with van der Waals surface area (Å²) in [4.78, 5) is 27.1. The molecule has 2 aromatic rings. The first-order valence-electron chi connectivity index (χ1n) is 9.94. The van der Waals surface area contributed by atoms with Crippen molar-refractivity contribution >= 4 is 33.2 Å². The molecule has 0 saturated carbocycles. The molecule has 30 heavy (non-hydrogen) atoms. The first kappa shape index (κ1) is 20.4. The van der Waals surface area contributed by atoms with Crippen LogP contribution in [-0.4, -0.2) is 39.4 Å². The van der Waals surface area contributed by atoms with Gasteiger partial charge in [-0.05, 0) is 61.6 Å². The largest absolute Gasteiger partial charge is 0.358 e. The molecule has 1 atom stereocenters. The molecule has 1 saturated heterocycles. The number of piperidine rings is 1. The number of fused-ring (bicyclic) bond motifs is 3. The van der Waals surface area contributed by atoms with E-state index in [0.717, 1.165) is 37.1 Å². The van der Waals surface area contributed by atoms with Crippen molar-refractivity contribution in [3.8, 4) is 0 Å². The molecule has 8 nitrogen and oxygen atoms in total. The zero-order valence-electron chi connectivity index (χ0n) is 16.4. The number of primary sulfonamides is 1. The second-order valence-corrected chi connectivity index (χ2v) is 9.18. The summed E-state index contributed by atoms with van der Waals surface area (Å²) in [6.45, 7) is 1.24. The number of hydrogen-bond donors (Lipinski definition) is 3. The van der Waals surface area contributed by atoms with E-state index in [4.69, 9.17) is 5.14 Å². The standard InChI is InChI=1S/C21H24N4O4S/c22-30(28,29)16-7-4-14(5-8-16)10-11-23-20(26)15-6-9-18-17(13-15)24-21(27)19-3-1-2-12-25(18)19/h4-9,13,19H,1-3,10-12H2,(H,23,26)(H,24,27)(H2,22,28,29)/t19-/m1/s1. The predicted molar refractivity (Wildman–Crippen MR) is 114 cm³/mol. The molecule has 2 aliphatic rings. The number of nitrogens with two attached hydrogens (primary N) is 1. The second kappa shape index (κ2) is 8.08. The smallest absolute Gasteiger partial charge is 0.251 e. The Morgan fingerprint density at radius 2 is 1.93 bits per heavy atom. The Bertz CT molecular complexity index is 1080. The van der Waals surface area contributed by atoms with Crippen LogP contribution in [-0.2, 0) is 21.2 Å². The number of carbonyl (C=O) groups is 2. The molecule has 4 N–H and O–H groups in total. The third kappa shape index (κ3) is 4.17. The molecule has 0 bridgehead atoms. The summed E-state index contributed by atoms with van der Waals surface area (Å²) < 4.78 is 22.6. The number of nitrogens with one attached hydrogen (secondary N) is 2. The molecule has 1 fully saturated rings. The predicted octanol–water partition coefficient (Wildman–Crippen LogP) is 1.62. The molecule has 158 valence electrons. The van der Waals surface area contributed by atoms with E-state index in [-0.39, 0.29) is 22.8 Å². The van der Waals surface area contributed by atoms with Crippen molar-refractivity contribution in [3.05, 3.63) is 53.6 Å². The van der Waals surface area contributed by atoms with Gasteiger partial charge in [-0.1, -0.05) is 12.1 Å². The van der Waals surface area contributed by atoms with Gasteiger partial charge in [-0.15, -0.1) is 0 Å². The fraction of sp³-hybridized carbons (Fsp3) is 0.333. The average Bonchev–Trinajstić information content (AvgIpc) is 2.73. The fourth-order valence-corrected chi connectivity index (χ4v) is 4.52. The number of anilines is 2. The number of benzene rings is 2. The van der Waals surface area contributed by atoms with Crippen LogP contribution in [0.5, 0.6) is 0 Å². The summed E-state index contributed by atoms with van der Waals surface area (Å²) in [5.74, 6) is -0.239. The van der Waals surface area contributed by atoms with E-state index in [2.05, 4.69) is 15.5 Å². The van der Waals surface area contributed by atoms with Crippen molar-refractivity contribution in [1.29, 1.82) is 0 Å². The summed E-state index contributed by atoms with van der Waals surface area (Å²) in [7, 11) is -3.71. The molecule has 0 radical (unpaired) electrons. The van der Waals surface area contributed by atoms with Gasteiger partial charge in [-0.3, -0.25) is 9.59 Å². The van der Waals surface area contributed by atoms with Crippen LogP contribution in [0.15, 0.2) is 47.4 Å². The summed E-state index contributed by atoms with van der Waals surface area (Å²) in [5.41, 5.74) is 3.00. The van der Waals surface area contributed by atoms with Gasteiger partial charge >= 0.3 is 0 Å². The zero-order valence-corrected chi connectivity index (χ0v) is 17.2. The summed E-state index contributed by atoms with van der Waals surface area (Å²) >= 11 is 0. The van der Waals surface area contributed by atoms with Crippen LogP contribution in [0.25, 0.3) is 0 Å². The Kier molecular flexibility index (Phi) is 5.48. The Labute approximate surface area is 175 Å². The Balaban J connectivity index is 1.39. The second-order valence-electron chi connectivity index (χ2n) is 7.62. The van der Waals surface area contributed by atoms with Crippen molar-refractivity contribution in [2.75, 3.05) is 23.3 Å². The molecule has 2 amide bonds. The van der Waals surface area contributed by atoms with Crippen LogP contribution in [0.4, 0.5) is 11.4 Å². The van der Waals surface area contributed by atoms with Crippen molar-refractivity contribution in [3.63, 3.8) is 0 Å². The Morgan fingerprint density at radius 3 is 2.67 bits per heavy atom. The maximum absolute atomic E-state index is 12.5. The highest BCUT2D eigenvalue weighted by molar-refractivity contribution is 7.89. The van der Waals surface area contributed by atoms with Gasteiger partial charge in [0.15, 0.2) is 0 Å². The van der Waals surface area contributed by atoms with Gasteiger partial charge in [-0.2, -0.15) is 0 Å². The lowest BCUT2D eigenvalue weighted by molar-refractivity contribution is -0.118. The van der Waals surface area contributed by atoms with Crippen molar-refractivity contribution in [1.82, 2.24) is 5.32 Å². The van der Waals surface area contributed by atoms with Gasteiger partial charge < -0.3 is 15.5 Å². The lowest BCUT2D eigenvalue weighted by atomic mass is 9.97. The van der Waals surface area contributed by atoms with Crippen LogP contribution < -0.4 is 20.7 Å². The first-order valence-corrected chi connectivity index (χ1v) is 11.5. The van der Waals surface area contributed by atoms with E-state index in [0.29, 0.717) is 24.2 Å². The van der Waals surface area contributed by atoms with Crippen molar-refractivity contribution in [2.45, 2.75) is 36.6 Å². The van der Waals surface area contributed by atoms with Gasteiger partial charge in [0.25, 0.3) is 5.91 Å². The van der Waals surface area contributed by atoms with Crippen molar-refractivity contribution in [2.24, 2.45) is 5.14 Å². The van der Waals surface area contributed by atoms with E-state index in [1.165, 1.54) is 12.1 Å². The van der Waals surface area contributed by atoms with Gasteiger partial charge in [0.1, 0.15) is 6.04 Å². The van der Waals surface area contributed by atoms with Crippen LogP contribution in [0, 0.1) is 0 Å². The Morgan fingerprint density at radius 1 is 1.17 bits per heavy atom. The molecule has 0 unspecified atom stereocenters. The number of sulfonamides is 1. The molecule has 0 aliphatic carbocycles. The molecular formula is C21H24N4O4S. The number of amides is 2. The fourth-order valence-electron chi connectivity index (χ4n) is 4.00. The molecule has 2 aromatic carbocycles. The van der Waals surface area contributed by atoms with Gasteiger partial charge in [0.05, 0.1) is 16.3 Å². The zero-order chi connectivity index (χ0) is 21.3. The highest BCUT2D eigenvalue weighted by atomic mass is 32.2. The van der Waals surface area contributed by atoms with Crippen molar-refractivity contribution < 1.29 is 18.0 Å². The minimum absolute atomic E-state index is 0.0114. The topological polar surface area (TPSA) is 122 Å². The van der Waals surface area contributed by atoms with Gasteiger partial charge in [0, 0.05) is 18.7 Å². The number of rotatable bonds is 5. The maximum atomic E-state index is 12.5. The van der Waals surface area contributed by atoms with Gasteiger partial charge in [-0.25, -0.2) is 13.6 Å². The third-order valence-electron chi connectivity index (χ3n) is 5.58. The number of hydrogen-bond acceptors (Lipinski definition) is 5. The third-order valence-corrected chi connectivity index (χ3v) is 6.51.